The lowest BCUT2D eigenvalue weighted by atomic mass is 10.2. The zero-order chi connectivity index (χ0) is 12.6. The molecule has 1 heterocycles. The van der Waals surface area contributed by atoms with Gasteiger partial charge in [-0.25, -0.2) is 0 Å². The van der Waals surface area contributed by atoms with Gasteiger partial charge < -0.3 is 5.11 Å². The van der Waals surface area contributed by atoms with E-state index in [1.54, 1.807) is 25.3 Å². The third-order valence-electron chi connectivity index (χ3n) is 2.26. The lowest BCUT2D eigenvalue weighted by Crippen LogP contribution is -2.22. The molecule has 6 heteroatoms. The monoisotopic (exact) mass is 377 g/mol. The van der Waals surface area contributed by atoms with E-state index < -0.39 is 0 Å². The van der Waals surface area contributed by atoms with E-state index in [9.17, 15) is 9.90 Å². The number of phenolic OH excluding ortho intramolecular Hbond substituents is 1. The first-order valence-electron chi connectivity index (χ1n) is 4.69. The first-order valence-corrected chi connectivity index (χ1v) is 6.99. The van der Waals surface area contributed by atoms with Crippen molar-refractivity contribution in [3.05, 3.63) is 32.2 Å². The van der Waals surface area contributed by atoms with Crippen LogP contribution in [0.1, 0.15) is 5.56 Å². The van der Waals surface area contributed by atoms with E-state index in [-0.39, 0.29) is 11.7 Å². The molecule has 0 atom stereocenters. The van der Waals surface area contributed by atoms with Gasteiger partial charge in [-0.05, 0) is 46.9 Å². The summed E-state index contributed by atoms with van der Waals surface area (Å²) in [7, 11) is 1.65. The summed E-state index contributed by atoms with van der Waals surface area (Å²) in [5.74, 6) is 0.0325. The van der Waals surface area contributed by atoms with E-state index in [0.29, 0.717) is 14.8 Å². The van der Waals surface area contributed by atoms with Gasteiger partial charge in [0.05, 0.1) is 4.91 Å². The highest BCUT2D eigenvalue weighted by Gasteiger charge is 2.28. The van der Waals surface area contributed by atoms with Crippen LogP contribution in [0.3, 0.4) is 0 Å². The van der Waals surface area contributed by atoms with E-state index in [0.717, 1.165) is 3.57 Å². The molecule has 1 aromatic rings. The average Bonchev–Trinajstić information content (AvgIpc) is 2.52. The van der Waals surface area contributed by atoms with E-state index in [4.69, 9.17) is 12.2 Å². The summed E-state index contributed by atoms with van der Waals surface area (Å²) in [6.07, 6.45) is 1.67. The molecule has 1 aliphatic rings. The molecule has 0 saturated carbocycles. The highest BCUT2D eigenvalue weighted by Crippen LogP contribution is 2.33. The second-order valence-corrected chi connectivity index (χ2v) is 6.37. The van der Waals surface area contributed by atoms with Crippen LogP contribution >= 0.6 is 46.6 Å². The largest absolute Gasteiger partial charge is 0.507 e. The van der Waals surface area contributed by atoms with Crippen molar-refractivity contribution in [1.82, 2.24) is 4.90 Å². The maximum Gasteiger partial charge on any atom is 0.265 e. The number of thiocarbonyl (C=S) groups is 1. The molecule has 0 aromatic heterocycles. The van der Waals surface area contributed by atoms with Crippen LogP contribution in [0.25, 0.3) is 6.08 Å². The molecule has 1 N–H and O–H groups in total. The molecular weight excluding hydrogens is 369 g/mol. The molecular formula is C11H8INO2S2. The summed E-state index contributed by atoms with van der Waals surface area (Å²) in [5.41, 5.74) is 0.630. The molecule has 1 saturated heterocycles. The van der Waals surface area contributed by atoms with Crippen LogP contribution in [0.4, 0.5) is 0 Å². The van der Waals surface area contributed by atoms with Crippen molar-refractivity contribution in [3.63, 3.8) is 0 Å². The first-order chi connectivity index (χ1) is 7.99. The fourth-order valence-corrected chi connectivity index (χ4v) is 3.01. The first kappa shape index (κ1) is 12.8. The molecule has 17 heavy (non-hydrogen) atoms. The van der Waals surface area contributed by atoms with E-state index >= 15 is 0 Å². The molecule has 1 amide bonds. The van der Waals surface area contributed by atoms with Gasteiger partial charge in [-0.15, -0.1) is 0 Å². The Bertz CT molecular complexity index is 542. The molecule has 2 rings (SSSR count). The lowest BCUT2D eigenvalue weighted by molar-refractivity contribution is -0.121. The number of rotatable bonds is 1. The van der Waals surface area contributed by atoms with Crippen LogP contribution in [-0.4, -0.2) is 27.3 Å². The van der Waals surface area contributed by atoms with Gasteiger partial charge >= 0.3 is 0 Å². The minimum atomic E-state index is -0.127. The fraction of sp³-hybridized carbons (Fsp3) is 0.0909. The summed E-state index contributed by atoms with van der Waals surface area (Å²) in [6, 6.07) is 5.23. The number of thioether (sulfide) groups is 1. The molecule has 88 valence electrons. The molecule has 0 spiro atoms. The molecule has 3 nitrogen and oxygen atoms in total. The molecule has 0 radical (unpaired) electrons. The smallest absolute Gasteiger partial charge is 0.265 e. The van der Waals surface area contributed by atoms with Crippen LogP contribution in [0.15, 0.2) is 23.1 Å². The minimum Gasteiger partial charge on any atom is -0.507 e. The predicted molar refractivity (Wildman–Crippen MR) is 81.8 cm³/mol. The number of carbonyl (C=O) groups is 1. The Hall–Kier alpha value is -0.600. The quantitative estimate of drug-likeness (QED) is 0.464. The van der Waals surface area contributed by atoms with Gasteiger partial charge in [-0.2, -0.15) is 0 Å². The Morgan fingerprint density at radius 3 is 2.82 bits per heavy atom. The number of likely N-dealkylation sites (N-methyl/N-ethyl adjacent to an activating group) is 1. The second-order valence-electron chi connectivity index (χ2n) is 3.44. The number of carbonyl (C=O) groups excluding carboxylic acids is 1. The number of nitrogens with zero attached hydrogens (tertiary/aromatic N) is 1. The number of benzene rings is 1. The van der Waals surface area contributed by atoms with Crippen molar-refractivity contribution in [3.8, 4) is 5.75 Å². The molecule has 0 aliphatic carbocycles. The van der Waals surface area contributed by atoms with Gasteiger partial charge in [0.25, 0.3) is 5.91 Å². The minimum absolute atomic E-state index is 0.127. The van der Waals surface area contributed by atoms with Crippen molar-refractivity contribution >= 4 is 62.9 Å². The standard InChI is InChI=1S/C11H8INO2S2/c1-13-10(15)9(17-11(13)16)5-6-4-7(12)2-3-8(6)14/h2-5,14H,1H3/b9-5-. The summed E-state index contributed by atoms with van der Waals surface area (Å²) >= 11 is 8.43. The average molecular weight is 377 g/mol. The third kappa shape index (κ3) is 2.63. The Balaban J connectivity index is 2.40. The van der Waals surface area contributed by atoms with Gasteiger partial charge in [0.15, 0.2) is 0 Å². The number of amides is 1. The zero-order valence-corrected chi connectivity index (χ0v) is 12.6. The fourth-order valence-electron chi connectivity index (χ4n) is 1.33. The number of hydrogen-bond donors (Lipinski definition) is 1. The number of hydrogen-bond acceptors (Lipinski definition) is 4. The third-order valence-corrected chi connectivity index (χ3v) is 4.42. The van der Waals surface area contributed by atoms with Crippen molar-refractivity contribution in [2.45, 2.75) is 0 Å². The highest BCUT2D eigenvalue weighted by molar-refractivity contribution is 14.1. The summed E-state index contributed by atoms with van der Waals surface area (Å²) in [6.45, 7) is 0. The van der Waals surface area contributed by atoms with E-state index in [1.165, 1.54) is 16.7 Å². The molecule has 1 aromatic carbocycles. The van der Waals surface area contributed by atoms with Gasteiger partial charge in [-0.1, -0.05) is 24.0 Å². The number of aromatic hydroxyl groups is 1. The summed E-state index contributed by atoms with van der Waals surface area (Å²) in [5, 5.41) is 9.70. The summed E-state index contributed by atoms with van der Waals surface area (Å²) < 4.78 is 1.53. The predicted octanol–water partition coefficient (Wildman–Crippen LogP) is 2.83. The van der Waals surface area contributed by atoms with Gasteiger partial charge in [0, 0.05) is 16.2 Å². The Labute approximate surface area is 122 Å². The molecule has 1 aliphatic heterocycles. The molecule has 1 fully saturated rings. The molecule has 0 bridgehead atoms. The van der Waals surface area contributed by atoms with Crippen LogP contribution < -0.4 is 0 Å². The topological polar surface area (TPSA) is 40.5 Å². The Morgan fingerprint density at radius 2 is 2.24 bits per heavy atom. The Morgan fingerprint density at radius 1 is 1.53 bits per heavy atom. The van der Waals surface area contributed by atoms with Crippen LogP contribution in [-0.2, 0) is 4.79 Å². The lowest BCUT2D eigenvalue weighted by Gasteiger charge is -2.04. The van der Waals surface area contributed by atoms with Crippen LogP contribution in [0.2, 0.25) is 0 Å². The SMILES string of the molecule is CN1C(=O)/C(=C/c2cc(I)ccc2O)SC1=S. The van der Waals surface area contributed by atoms with E-state index in [1.807, 2.05) is 6.07 Å². The van der Waals surface area contributed by atoms with Crippen molar-refractivity contribution in [2.75, 3.05) is 7.05 Å². The maximum absolute atomic E-state index is 11.8. The van der Waals surface area contributed by atoms with Gasteiger partial charge in [0.2, 0.25) is 0 Å². The highest BCUT2D eigenvalue weighted by atomic mass is 127. The van der Waals surface area contributed by atoms with Crippen molar-refractivity contribution in [1.29, 1.82) is 0 Å². The zero-order valence-electron chi connectivity index (χ0n) is 8.81. The molecule has 0 unspecified atom stereocenters. The van der Waals surface area contributed by atoms with Crippen molar-refractivity contribution < 1.29 is 9.90 Å². The van der Waals surface area contributed by atoms with E-state index in [2.05, 4.69) is 22.6 Å². The number of halogens is 1. The van der Waals surface area contributed by atoms with Gasteiger partial charge in [-0.3, -0.25) is 9.69 Å². The van der Waals surface area contributed by atoms with Gasteiger partial charge in [0.1, 0.15) is 10.1 Å². The maximum atomic E-state index is 11.8. The second kappa shape index (κ2) is 4.95. The van der Waals surface area contributed by atoms with Crippen LogP contribution in [0.5, 0.6) is 5.75 Å². The van der Waals surface area contributed by atoms with Crippen molar-refractivity contribution in [2.24, 2.45) is 0 Å². The number of phenols is 1. The Kier molecular flexibility index (Phi) is 3.74. The normalized spacial score (nSPS) is 18.2. The summed E-state index contributed by atoms with van der Waals surface area (Å²) in [4.78, 5) is 13.7. The van der Waals surface area contributed by atoms with Crippen LogP contribution in [0, 0.1) is 3.57 Å².